The van der Waals surface area contributed by atoms with Gasteiger partial charge >= 0.3 is 6.18 Å². The van der Waals surface area contributed by atoms with Gasteiger partial charge in [0.2, 0.25) is 5.91 Å². The second kappa shape index (κ2) is 9.77. The van der Waals surface area contributed by atoms with Gasteiger partial charge in [-0.2, -0.15) is 13.2 Å². The molecule has 1 heterocycles. The van der Waals surface area contributed by atoms with Crippen LogP contribution in [0.15, 0.2) is 34.2 Å². The number of hydrogen-bond acceptors (Lipinski definition) is 4. The van der Waals surface area contributed by atoms with Gasteiger partial charge in [-0.25, -0.2) is 4.98 Å². The van der Waals surface area contributed by atoms with Crippen LogP contribution in [0.3, 0.4) is 0 Å². The van der Waals surface area contributed by atoms with Crippen molar-refractivity contribution in [2.45, 2.75) is 50.5 Å². The SMILES string of the molecule is CCCCCCn1c(SCC(=O)NCC(F)(F)F)nc2ccccc2c1=O. The second-order valence-corrected chi connectivity index (χ2v) is 7.05. The molecule has 1 aromatic heterocycles. The average molecular weight is 401 g/mol. The van der Waals surface area contributed by atoms with Gasteiger partial charge in [0.25, 0.3) is 5.56 Å². The van der Waals surface area contributed by atoms with Crippen molar-refractivity contribution in [2.75, 3.05) is 12.3 Å². The number of aromatic nitrogens is 2. The first-order valence-electron chi connectivity index (χ1n) is 8.77. The molecule has 0 aliphatic heterocycles. The number of carbonyl (C=O) groups excluding carboxylic acids is 1. The Kier molecular flexibility index (Phi) is 7.70. The van der Waals surface area contributed by atoms with Crippen LogP contribution in [0.5, 0.6) is 0 Å². The number of amides is 1. The molecule has 0 bridgehead atoms. The molecule has 0 aliphatic carbocycles. The maximum absolute atomic E-state index is 12.8. The lowest BCUT2D eigenvalue weighted by Crippen LogP contribution is -2.35. The Morgan fingerprint density at radius 2 is 1.96 bits per heavy atom. The van der Waals surface area contributed by atoms with Crippen molar-refractivity contribution < 1.29 is 18.0 Å². The first-order chi connectivity index (χ1) is 12.8. The van der Waals surface area contributed by atoms with Crippen LogP contribution in [-0.4, -0.2) is 33.9 Å². The Morgan fingerprint density at radius 3 is 2.67 bits per heavy atom. The maximum Gasteiger partial charge on any atom is 0.405 e. The molecule has 0 fully saturated rings. The van der Waals surface area contributed by atoms with Gasteiger partial charge in [0.1, 0.15) is 6.54 Å². The van der Waals surface area contributed by atoms with Gasteiger partial charge in [-0.15, -0.1) is 0 Å². The number of fused-ring (bicyclic) bond motifs is 1. The Labute approximate surface area is 159 Å². The number of rotatable bonds is 9. The summed E-state index contributed by atoms with van der Waals surface area (Å²) in [4.78, 5) is 28.9. The summed E-state index contributed by atoms with van der Waals surface area (Å²) < 4.78 is 38.1. The first-order valence-corrected chi connectivity index (χ1v) is 9.76. The van der Waals surface area contributed by atoms with Crippen LogP contribution >= 0.6 is 11.8 Å². The third kappa shape index (κ3) is 6.57. The molecule has 27 heavy (non-hydrogen) atoms. The fourth-order valence-electron chi connectivity index (χ4n) is 2.53. The molecule has 9 heteroatoms. The molecule has 2 aromatic rings. The van der Waals surface area contributed by atoms with E-state index in [-0.39, 0.29) is 11.3 Å². The highest BCUT2D eigenvalue weighted by Crippen LogP contribution is 2.19. The maximum atomic E-state index is 12.8. The van der Waals surface area contributed by atoms with Gasteiger partial charge < -0.3 is 5.32 Å². The van der Waals surface area contributed by atoms with E-state index >= 15 is 0 Å². The summed E-state index contributed by atoms with van der Waals surface area (Å²) in [5.41, 5.74) is 0.306. The minimum atomic E-state index is -4.46. The lowest BCUT2D eigenvalue weighted by Gasteiger charge is -2.13. The van der Waals surface area contributed by atoms with Gasteiger partial charge in [0, 0.05) is 6.54 Å². The number of para-hydroxylation sites is 1. The van der Waals surface area contributed by atoms with Gasteiger partial charge in [0.15, 0.2) is 5.16 Å². The van der Waals surface area contributed by atoms with Gasteiger partial charge in [-0.1, -0.05) is 50.1 Å². The highest BCUT2D eigenvalue weighted by Gasteiger charge is 2.27. The Balaban J connectivity index is 2.17. The number of unbranched alkanes of at least 4 members (excludes halogenated alkanes) is 3. The fourth-order valence-corrected chi connectivity index (χ4v) is 3.39. The molecule has 1 aromatic carbocycles. The third-order valence-corrected chi connectivity index (χ3v) is 4.86. The predicted octanol–water partition coefficient (Wildman–Crippen LogP) is 3.75. The minimum absolute atomic E-state index is 0.199. The highest BCUT2D eigenvalue weighted by molar-refractivity contribution is 7.99. The van der Waals surface area contributed by atoms with Crippen LogP contribution in [0.2, 0.25) is 0 Å². The number of alkyl halides is 3. The third-order valence-electron chi connectivity index (χ3n) is 3.88. The molecule has 0 unspecified atom stereocenters. The molecule has 0 aliphatic rings. The normalized spacial score (nSPS) is 11.7. The van der Waals surface area contributed by atoms with Gasteiger partial charge in [-0.05, 0) is 18.6 Å². The molecule has 1 amide bonds. The van der Waals surface area contributed by atoms with E-state index in [2.05, 4.69) is 11.9 Å². The lowest BCUT2D eigenvalue weighted by molar-refractivity contribution is -0.136. The summed E-state index contributed by atoms with van der Waals surface area (Å²) in [6.45, 7) is 1.18. The van der Waals surface area contributed by atoms with E-state index in [1.54, 1.807) is 24.3 Å². The molecular weight excluding hydrogens is 379 g/mol. The molecule has 5 nitrogen and oxygen atoms in total. The molecule has 0 atom stereocenters. The van der Waals surface area contributed by atoms with E-state index in [9.17, 15) is 22.8 Å². The van der Waals surface area contributed by atoms with Crippen LogP contribution in [0.1, 0.15) is 32.6 Å². The lowest BCUT2D eigenvalue weighted by atomic mass is 10.2. The molecular formula is C18H22F3N3O2S. The van der Waals surface area contributed by atoms with Crippen molar-refractivity contribution >= 4 is 28.6 Å². The summed E-state index contributed by atoms with van der Waals surface area (Å²) in [6, 6.07) is 6.90. The van der Waals surface area contributed by atoms with Crippen molar-refractivity contribution in [2.24, 2.45) is 0 Å². The summed E-state index contributed by atoms with van der Waals surface area (Å²) in [5, 5.41) is 2.65. The minimum Gasteiger partial charge on any atom is -0.346 e. The van der Waals surface area contributed by atoms with E-state index in [4.69, 9.17) is 0 Å². The fraction of sp³-hybridized carbons (Fsp3) is 0.500. The van der Waals surface area contributed by atoms with Crippen molar-refractivity contribution in [1.82, 2.24) is 14.9 Å². The number of halogens is 3. The molecule has 1 N–H and O–H groups in total. The van der Waals surface area contributed by atoms with Crippen LogP contribution in [0, 0.1) is 0 Å². The van der Waals surface area contributed by atoms with E-state index in [1.165, 1.54) is 4.57 Å². The van der Waals surface area contributed by atoms with E-state index < -0.39 is 18.6 Å². The quantitative estimate of drug-likeness (QED) is 0.395. The molecule has 0 saturated carbocycles. The number of carbonyl (C=O) groups is 1. The average Bonchev–Trinajstić information content (AvgIpc) is 2.63. The summed E-state index contributed by atoms with van der Waals surface area (Å²) in [7, 11) is 0. The van der Waals surface area contributed by atoms with Gasteiger partial charge in [-0.3, -0.25) is 14.2 Å². The smallest absolute Gasteiger partial charge is 0.346 e. The standard InChI is InChI=1S/C18H22F3N3O2S/c1-2-3-4-7-10-24-16(26)13-8-5-6-9-14(13)23-17(24)27-11-15(25)22-12-18(19,20)21/h5-6,8-9H,2-4,7,10-12H2,1H3,(H,22,25). The number of benzene rings is 1. The van der Waals surface area contributed by atoms with Crippen molar-refractivity contribution in [3.8, 4) is 0 Å². The summed E-state index contributed by atoms with van der Waals surface area (Å²) in [6.07, 6.45) is -0.583. The summed E-state index contributed by atoms with van der Waals surface area (Å²) >= 11 is 0.971. The number of thioether (sulfide) groups is 1. The molecule has 0 radical (unpaired) electrons. The first kappa shape index (κ1) is 21.3. The topological polar surface area (TPSA) is 64.0 Å². The van der Waals surface area contributed by atoms with E-state index in [0.717, 1.165) is 37.4 Å². The number of nitrogens with one attached hydrogen (secondary N) is 1. The zero-order valence-corrected chi connectivity index (χ0v) is 15.8. The zero-order chi connectivity index (χ0) is 19.9. The van der Waals surface area contributed by atoms with Crippen LogP contribution in [0.25, 0.3) is 10.9 Å². The van der Waals surface area contributed by atoms with E-state index in [1.807, 2.05) is 5.32 Å². The summed E-state index contributed by atoms with van der Waals surface area (Å²) in [5.74, 6) is -0.993. The molecule has 148 valence electrons. The Bertz CT molecular complexity index is 837. The Hall–Kier alpha value is -2.03. The highest BCUT2D eigenvalue weighted by atomic mass is 32.2. The van der Waals surface area contributed by atoms with Crippen LogP contribution in [0.4, 0.5) is 13.2 Å². The van der Waals surface area contributed by atoms with Crippen LogP contribution in [-0.2, 0) is 11.3 Å². The van der Waals surface area contributed by atoms with Crippen molar-refractivity contribution in [1.29, 1.82) is 0 Å². The monoisotopic (exact) mass is 401 g/mol. The largest absolute Gasteiger partial charge is 0.405 e. The molecule has 0 saturated heterocycles. The van der Waals surface area contributed by atoms with Gasteiger partial charge in [0.05, 0.1) is 16.7 Å². The molecule has 2 rings (SSSR count). The van der Waals surface area contributed by atoms with Crippen molar-refractivity contribution in [3.05, 3.63) is 34.6 Å². The van der Waals surface area contributed by atoms with E-state index in [0.29, 0.717) is 22.6 Å². The predicted molar refractivity (Wildman–Crippen MR) is 99.9 cm³/mol. The second-order valence-electron chi connectivity index (χ2n) is 6.11. The zero-order valence-electron chi connectivity index (χ0n) is 15.0. The van der Waals surface area contributed by atoms with Crippen molar-refractivity contribution in [3.63, 3.8) is 0 Å². The number of hydrogen-bond donors (Lipinski definition) is 1. The van der Waals surface area contributed by atoms with Crippen LogP contribution < -0.4 is 10.9 Å². The Morgan fingerprint density at radius 1 is 1.22 bits per heavy atom. The number of nitrogens with zero attached hydrogens (tertiary/aromatic N) is 2. The molecule has 0 spiro atoms.